The van der Waals surface area contributed by atoms with Crippen molar-refractivity contribution in [2.75, 3.05) is 0 Å². The van der Waals surface area contributed by atoms with Crippen molar-refractivity contribution in [3.63, 3.8) is 0 Å². The minimum Gasteiger partial charge on any atom is -0.481 e. The van der Waals surface area contributed by atoms with Crippen molar-refractivity contribution in [3.05, 3.63) is 22.1 Å². The Morgan fingerprint density at radius 3 is 2.57 bits per heavy atom. The maximum absolute atomic E-state index is 12.5. The molecule has 0 bridgehead atoms. The molecular weight excluding hydrogens is 332 g/mol. The molecule has 0 saturated heterocycles. The molecule has 2 heterocycles. The number of hydrogen-bond donors (Lipinski definition) is 1. The molecule has 2 aromatic rings. The van der Waals surface area contributed by atoms with Gasteiger partial charge in [0.1, 0.15) is 5.69 Å². The van der Waals surface area contributed by atoms with E-state index in [0.717, 1.165) is 21.3 Å². The van der Waals surface area contributed by atoms with Crippen LogP contribution in [0.1, 0.15) is 54.9 Å². The Balaban J connectivity index is 2.11. The normalized spacial score (nSPS) is 11.1. The quantitative estimate of drug-likeness (QED) is 0.538. The molecule has 0 unspecified atom stereocenters. The molecule has 5 nitrogen and oxygen atoms in total. The van der Waals surface area contributed by atoms with Gasteiger partial charge in [0.25, 0.3) is 0 Å². The summed E-state index contributed by atoms with van der Waals surface area (Å²) in [6.45, 7) is 4.23. The third kappa shape index (κ3) is 5.21. The van der Waals surface area contributed by atoms with E-state index in [0.29, 0.717) is 30.9 Å². The van der Waals surface area contributed by atoms with Crippen molar-refractivity contribution < 1.29 is 14.7 Å². The number of unbranched alkanes of at least 4 members (excludes halogenated alkanes) is 1. The third-order valence-electron chi connectivity index (χ3n) is 3.21. The van der Waals surface area contributed by atoms with Gasteiger partial charge in [-0.1, -0.05) is 13.8 Å². The summed E-state index contributed by atoms with van der Waals surface area (Å²) in [5.41, 5.74) is 0.546. The first-order valence-electron chi connectivity index (χ1n) is 7.62. The average molecular weight is 352 g/mol. The Bertz CT molecular complexity index is 663. The molecule has 0 fully saturated rings. The molecule has 2 rings (SSSR count). The van der Waals surface area contributed by atoms with Crippen LogP contribution in [0.25, 0.3) is 10.0 Å². The molecule has 7 heteroatoms. The molecule has 124 valence electrons. The van der Waals surface area contributed by atoms with E-state index in [4.69, 9.17) is 5.11 Å². The van der Waals surface area contributed by atoms with Gasteiger partial charge in [-0.25, -0.2) is 9.97 Å². The number of carbonyl (C=O) groups is 2. The molecule has 0 aliphatic heterocycles. The van der Waals surface area contributed by atoms with Gasteiger partial charge < -0.3 is 5.11 Å². The number of carbonyl (C=O) groups excluding carboxylic acids is 1. The second-order valence-electron chi connectivity index (χ2n) is 5.75. The summed E-state index contributed by atoms with van der Waals surface area (Å²) in [5, 5.41) is 12.2. The maximum Gasteiger partial charge on any atom is 0.303 e. The minimum atomic E-state index is -0.822. The number of carboxylic acids is 1. The molecule has 0 amide bonds. The lowest BCUT2D eigenvalue weighted by atomic mass is 10.0. The summed E-state index contributed by atoms with van der Waals surface area (Å²) in [5.74, 6) is -0.374. The Labute approximate surface area is 143 Å². The van der Waals surface area contributed by atoms with E-state index in [-0.39, 0.29) is 12.2 Å². The number of aliphatic carboxylic acids is 1. The van der Waals surface area contributed by atoms with Gasteiger partial charge in [-0.15, -0.1) is 22.7 Å². The van der Waals surface area contributed by atoms with Gasteiger partial charge in [0.05, 0.1) is 0 Å². The fraction of sp³-hybridized carbons (Fsp3) is 0.500. The van der Waals surface area contributed by atoms with Crippen LogP contribution < -0.4 is 0 Å². The first-order chi connectivity index (χ1) is 11.0. The van der Waals surface area contributed by atoms with Crippen LogP contribution in [0.2, 0.25) is 0 Å². The van der Waals surface area contributed by atoms with Gasteiger partial charge in [-0.3, -0.25) is 9.59 Å². The highest BCUT2D eigenvalue weighted by molar-refractivity contribution is 7.20. The molecule has 23 heavy (non-hydrogen) atoms. The minimum absolute atomic E-state index is 0.00472. The molecule has 1 N–H and O–H groups in total. The Morgan fingerprint density at radius 1 is 1.22 bits per heavy atom. The van der Waals surface area contributed by atoms with E-state index in [2.05, 4.69) is 23.8 Å². The Kier molecular flexibility index (Phi) is 6.41. The molecule has 0 spiro atoms. The topological polar surface area (TPSA) is 80.2 Å². The molecule has 2 aromatic heterocycles. The van der Waals surface area contributed by atoms with E-state index in [1.807, 2.05) is 5.38 Å². The van der Waals surface area contributed by atoms with Crippen molar-refractivity contribution in [2.24, 2.45) is 5.92 Å². The summed E-state index contributed by atoms with van der Waals surface area (Å²) in [6.07, 6.45) is 4.10. The summed E-state index contributed by atoms with van der Waals surface area (Å²) in [7, 11) is 0. The van der Waals surface area contributed by atoms with Gasteiger partial charge >= 0.3 is 5.97 Å². The predicted molar refractivity (Wildman–Crippen MR) is 92.2 cm³/mol. The van der Waals surface area contributed by atoms with E-state index in [1.165, 1.54) is 22.7 Å². The van der Waals surface area contributed by atoms with Crippen LogP contribution in [-0.4, -0.2) is 26.8 Å². The zero-order chi connectivity index (χ0) is 16.8. The molecule has 0 aliphatic carbocycles. The molecule has 0 aliphatic rings. The van der Waals surface area contributed by atoms with Gasteiger partial charge in [0, 0.05) is 29.3 Å². The van der Waals surface area contributed by atoms with Crippen LogP contribution in [0.15, 0.2) is 11.6 Å². The van der Waals surface area contributed by atoms with Gasteiger partial charge in [-0.05, 0) is 25.2 Å². The fourth-order valence-corrected chi connectivity index (χ4v) is 4.15. The highest BCUT2D eigenvalue weighted by Crippen LogP contribution is 2.31. The van der Waals surface area contributed by atoms with Gasteiger partial charge in [-0.2, -0.15) is 0 Å². The number of carboxylic acid groups (broad SMARTS) is 1. The third-order valence-corrected chi connectivity index (χ3v) is 5.21. The first kappa shape index (κ1) is 17.7. The molecular formula is C16H20N2O3S2. The molecule has 0 aromatic carbocycles. The number of ketones is 1. The Hall–Kier alpha value is -1.60. The highest BCUT2D eigenvalue weighted by Gasteiger charge is 2.20. The second kappa shape index (κ2) is 8.31. The molecule has 0 radical (unpaired) electrons. The van der Waals surface area contributed by atoms with Gasteiger partial charge in [0.15, 0.2) is 15.8 Å². The van der Waals surface area contributed by atoms with Crippen molar-refractivity contribution in [1.82, 2.24) is 9.97 Å². The number of rotatable bonds is 9. The predicted octanol–water partition coefficient (Wildman–Crippen LogP) is 4.29. The van der Waals surface area contributed by atoms with Crippen molar-refractivity contribution in [2.45, 2.75) is 46.0 Å². The smallest absolute Gasteiger partial charge is 0.303 e. The summed E-state index contributed by atoms with van der Waals surface area (Å²) in [6, 6.07) is 0. The van der Waals surface area contributed by atoms with Gasteiger partial charge in [0.2, 0.25) is 0 Å². The number of hydrogen-bond acceptors (Lipinski definition) is 6. The lowest BCUT2D eigenvalue weighted by Crippen LogP contribution is -2.05. The SMILES string of the molecule is CC(C)Cc1sc(-c2nccs2)nc1C(=O)CCCCC(=O)O. The van der Waals surface area contributed by atoms with Crippen LogP contribution in [0, 0.1) is 5.92 Å². The molecule has 0 atom stereocenters. The summed E-state index contributed by atoms with van der Waals surface area (Å²) >= 11 is 3.05. The van der Waals surface area contributed by atoms with E-state index in [1.54, 1.807) is 6.20 Å². The highest BCUT2D eigenvalue weighted by atomic mass is 32.1. The van der Waals surface area contributed by atoms with Crippen molar-refractivity contribution in [1.29, 1.82) is 0 Å². The zero-order valence-corrected chi connectivity index (χ0v) is 14.9. The average Bonchev–Trinajstić information content (AvgIpc) is 3.11. The standard InChI is InChI=1S/C16H20N2O3S2/c1-10(2)9-12-14(11(19)5-3-4-6-13(20)21)18-16(23-12)15-17-7-8-22-15/h7-8,10H,3-6,9H2,1-2H3,(H,20,21). The van der Waals surface area contributed by atoms with Crippen LogP contribution in [0.4, 0.5) is 0 Å². The summed E-state index contributed by atoms with van der Waals surface area (Å²) in [4.78, 5) is 32.8. The van der Waals surface area contributed by atoms with Crippen LogP contribution in [0.3, 0.4) is 0 Å². The lowest BCUT2D eigenvalue weighted by Gasteiger charge is -2.04. The second-order valence-corrected chi connectivity index (χ2v) is 7.73. The summed E-state index contributed by atoms with van der Waals surface area (Å²) < 4.78 is 0. The first-order valence-corrected chi connectivity index (χ1v) is 9.31. The maximum atomic E-state index is 12.5. The van der Waals surface area contributed by atoms with Crippen molar-refractivity contribution >= 4 is 34.4 Å². The van der Waals surface area contributed by atoms with Crippen LogP contribution in [0.5, 0.6) is 0 Å². The van der Waals surface area contributed by atoms with E-state index in [9.17, 15) is 9.59 Å². The van der Waals surface area contributed by atoms with Crippen LogP contribution in [-0.2, 0) is 11.2 Å². The van der Waals surface area contributed by atoms with Crippen LogP contribution >= 0.6 is 22.7 Å². The zero-order valence-electron chi connectivity index (χ0n) is 13.2. The fourth-order valence-electron chi connectivity index (χ4n) is 2.18. The monoisotopic (exact) mass is 352 g/mol. The molecule has 0 saturated carbocycles. The number of aromatic nitrogens is 2. The van der Waals surface area contributed by atoms with E-state index < -0.39 is 5.97 Å². The largest absolute Gasteiger partial charge is 0.481 e. The Morgan fingerprint density at radius 2 is 1.96 bits per heavy atom. The van der Waals surface area contributed by atoms with Crippen molar-refractivity contribution in [3.8, 4) is 10.0 Å². The lowest BCUT2D eigenvalue weighted by molar-refractivity contribution is -0.137. The number of thiazole rings is 2. The number of nitrogens with zero attached hydrogens (tertiary/aromatic N) is 2. The number of Topliss-reactive ketones (excluding diaryl/α,β-unsaturated/α-hetero) is 1. The van der Waals surface area contributed by atoms with E-state index >= 15 is 0 Å².